The van der Waals surface area contributed by atoms with Crippen molar-refractivity contribution in [3.8, 4) is 0 Å². The van der Waals surface area contributed by atoms with Gasteiger partial charge in [0.2, 0.25) is 0 Å². The highest BCUT2D eigenvalue weighted by molar-refractivity contribution is 6.17. The van der Waals surface area contributed by atoms with E-state index >= 15 is 0 Å². The van der Waals surface area contributed by atoms with Crippen LogP contribution in [0.1, 0.15) is 18.5 Å². The summed E-state index contributed by atoms with van der Waals surface area (Å²) in [7, 11) is 1.68. The zero-order valence-corrected chi connectivity index (χ0v) is 8.08. The van der Waals surface area contributed by atoms with Gasteiger partial charge in [-0.1, -0.05) is 0 Å². The number of aromatic nitrogens is 2. The normalized spacial score (nSPS) is 13.2. The number of rotatable bonds is 4. The van der Waals surface area contributed by atoms with Crippen LogP contribution in [0.15, 0.2) is 12.4 Å². The van der Waals surface area contributed by atoms with Crippen molar-refractivity contribution in [3.05, 3.63) is 18.0 Å². The minimum absolute atomic E-state index is 0.270. The smallest absolute Gasteiger partial charge is 0.0724 e. The molecule has 0 radical (unpaired) electrons. The lowest BCUT2D eigenvalue weighted by Gasteiger charge is -2.09. The maximum absolute atomic E-state index is 5.64. The van der Waals surface area contributed by atoms with Crippen molar-refractivity contribution < 1.29 is 4.74 Å². The van der Waals surface area contributed by atoms with E-state index in [1.807, 2.05) is 10.9 Å². The van der Waals surface area contributed by atoms with E-state index in [0.29, 0.717) is 12.5 Å². The minimum atomic E-state index is 0.270. The van der Waals surface area contributed by atoms with Crippen LogP contribution in [0.3, 0.4) is 0 Å². The number of hydrogen-bond donors (Lipinski definition) is 0. The minimum Gasteiger partial charge on any atom is -0.382 e. The first kappa shape index (κ1) is 9.55. The van der Waals surface area contributed by atoms with Crippen molar-refractivity contribution in [1.82, 2.24) is 9.78 Å². The summed E-state index contributed by atoms with van der Waals surface area (Å²) in [6, 6.07) is 0.270. The Hall–Kier alpha value is -0.540. The fourth-order valence-corrected chi connectivity index (χ4v) is 1.14. The summed E-state index contributed by atoms with van der Waals surface area (Å²) in [6.07, 6.45) is 3.72. The zero-order valence-electron chi connectivity index (χ0n) is 7.33. The highest BCUT2D eigenvalue weighted by atomic mass is 35.5. The predicted molar refractivity (Wildman–Crippen MR) is 48.4 cm³/mol. The molecule has 4 heteroatoms. The molecule has 1 aromatic heterocycles. The van der Waals surface area contributed by atoms with Gasteiger partial charge >= 0.3 is 0 Å². The number of hydrogen-bond acceptors (Lipinski definition) is 2. The Morgan fingerprint density at radius 1 is 1.75 bits per heavy atom. The molecule has 1 heterocycles. The predicted octanol–water partition coefficient (Wildman–Crippen LogP) is 1.83. The number of methoxy groups -OCH3 is 1. The van der Waals surface area contributed by atoms with Gasteiger partial charge in [-0.2, -0.15) is 5.10 Å². The van der Waals surface area contributed by atoms with Gasteiger partial charge in [-0.05, 0) is 6.92 Å². The first-order chi connectivity index (χ1) is 5.77. The van der Waals surface area contributed by atoms with Crippen LogP contribution in [0.5, 0.6) is 0 Å². The Kier molecular flexibility index (Phi) is 3.56. The van der Waals surface area contributed by atoms with Gasteiger partial charge in [-0.25, -0.2) is 0 Å². The average Bonchev–Trinajstić information content (AvgIpc) is 2.52. The summed E-state index contributed by atoms with van der Waals surface area (Å²) in [6.45, 7) is 2.72. The lowest BCUT2D eigenvalue weighted by atomic mass is 10.3. The van der Waals surface area contributed by atoms with Gasteiger partial charge in [-0.15, -0.1) is 11.6 Å². The Morgan fingerprint density at radius 3 is 3.00 bits per heavy atom. The molecule has 0 bridgehead atoms. The molecule has 3 nitrogen and oxygen atoms in total. The molecule has 0 aliphatic rings. The van der Waals surface area contributed by atoms with Crippen LogP contribution in [-0.4, -0.2) is 23.5 Å². The van der Waals surface area contributed by atoms with E-state index in [0.717, 1.165) is 5.56 Å². The van der Waals surface area contributed by atoms with Gasteiger partial charge in [0.05, 0.1) is 24.7 Å². The second kappa shape index (κ2) is 4.48. The Balaban J connectivity index is 2.61. The third kappa shape index (κ3) is 2.22. The van der Waals surface area contributed by atoms with E-state index in [2.05, 4.69) is 12.0 Å². The number of ether oxygens (including phenoxy) is 1. The number of nitrogens with zero attached hydrogens (tertiary/aromatic N) is 2. The van der Waals surface area contributed by atoms with E-state index in [9.17, 15) is 0 Å². The maximum atomic E-state index is 5.64. The van der Waals surface area contributed by atoms with E-state index in [1.54, 1.807) is 13.3 Å². The van der Waals surface area contributed by atoms with Gasteiger partial charge < -0.3 is 4.74 Å². The molecular weight excluding hydrogens is 176 g/mol. The standard InChI is InChI=1S/C8H13ClN2O/c1-7(6-12-2)11-5-8(3-9)4-10-11/h4-5,7H,3,6H2,1-2H3. The molecular formula is C8H13ClN2O. The molecule has 0 amide bonds. The number of alkyl halides is 1. The molecule has 1 rings (SSSR count). The maximum Gasteiger partial charge on any atom is 0.0724 e. The summed E-state index contributed by atoms with van der Waals surface area (Å²) in [4.78, 5) is 0. The molecule has 0 spiro atoms. The van der Waals surface area contributed by atoms with Gasteiger partial charge in [-0.3, -0.25) is 4.68 Å². The lowest BCUT2D eigenvalue weighted by Crippen LogP contribution is -2.11. The van der Waals surface area contributed by atoms with Crippen molar-refractivity contribution >= 4 is 11.6 Å². The van der Waals surface area contributed by atoms with E-state index in [1.165, 1.54) is 0 Å². The summed E-state index contributed by atoms with van der Waals surface area (Å²) in [5, 5.41) is 4.16. The summed E-state index contributed by atoms with van der Waals surface area (Å²) in [5.74, 6) is 0.514. The van der Waals surface area contributed by atoms with Crippen LogP contribution in [0.2, 0.25) is 0 Å². The SMILES string of the molecule is COCC(C)n1cc(CCl)cn1. The van der Waals surface area contributed by atoms with Crippen molar-refractivity contribution in [2.75, 3.05) is 13.7 Å². The van der Waals surface area contributed by atoms with Gasteiger partial charge in [0.25, 0.3) is 0 Å². The first-order valence-corrected chi connectivity index (χ1v) is 4.39. The molecule has 0 N–H and O–H groups in total. The van der Waals surface area contributed by atoms with E-state index in [4.69, 9.17) is 16.3 Å². The monoisotopic (exact) mass is 188 g/mol. The topological polar surface area (TPSA) is 27.1 Å². The molecule has 0 aromatic carbocycles. The van der Waals surface area contributed by atoms with Crippen LogP contribution in [0, 0.1) is 0 Å². The zero-order chi connectivity index (χ0) is 8.97. The molecule has 1 atom stereocenters. The highest BCUT2D eigenvalue weighted by Crippen LogP contribution is 2.08. The lowest BCUT2D eigenvalue weighted by molar-refractivity contribution is 0.157. The third-order valence-corrected chi connectivity index (χ3v) is 1.98. The highest BCUT2D eigenvalue weighted by Gasteiger charge is 2.04. The molecule has 0 saturated carbocycles. The Morgan fingerprint density at radius 2 is 2.50 bits per heavy atom. The summed E-state index contributed by atoms with van der Waals surface area (Å²) >= 11 is 5.64. The largest absolute Gasteiger partial charge is 0.382 e. The molecule has 0 aliphatic heterocycles. The molecule has 0 aliphatic carbocycles. The van der Waals surface area contributed by atoms with Crippen LogP contribution in [0.4, 0.5) is 0 Å². The first-order valence-electron chi connectivity index (χ1n) is 3.86. The Bertz CT molecular complexity index is 237. The van der Waals surface area contributed by atoms with Crippen molar-refractivity contribution in [3.63, 3.8) is 0 Å². The van der Waals surface area contributed by atoms with Gasteiger partial charge in [0.1, 0.15) is 0 Å². The fourth-order valence-electron chi connectivity index (χ4n) is 1.01. The van der Waals surface area contributed by atoms with Gasteiger partial charge in [0.15, 0.2) is 0 Å². The molecule has 1 unspecified atom stereocenters. The van der Waals surface area contributed by atoms with E-state index < -0.39 is 0 Å². The molecule has 68 valence electrons. The second-order valence-electron chi connectivity index (χ2n) is 2.77. The van der Waals surface area contributed by atoms with Crippen LogP contribution in [0.25, 0.3) is 0 Å². The molecule has 12 heavy (non-hydrogen) atoms. The van der Waals surface area contributed by atoms with Gasteiger partial charge in [0, 0.05) is 18.9 Å². The molecule has 1 aromatic rings. The van der Waals surface area contributed by atoms with E-state index in [-0.39, 0.29) is 6.04 Å². The van der Waals surface area contributed by atoms with Crippen molar-refractivity contribution in [2.45, 2.75) is 18.8 Å². The van der Waals surface area contributed by atoms with Crippen molar-refractivity contribution in [1.29, 1.82) is 0 Å². The fraction of sp³-hybridized carbons (Fsp3) is 0.625. The second-order valence-corrected chi connectivity index (χ2v) is 3.03. The summed E-state index contributed by atoms with van der Waals surface area (Å²) < 4.78 is 6.87. The van der Waals surface area contributed by atoms with Crippen LogP contribution in [-0.2, 0) is 10.6 Å². The number of halogens is 1. The third-order valence-electron chi connectivity index (χ3n) is 1.67. The molecule has 0 fully saturated rings. The van der Waals surface area contributed by atoms with Crippen LogP contribution < -0.4 is 0 Å². The average molecular weight is 189 g/mol. The summed E-state index contributed by atoms with van der Waals surface area (Å²) in [5.41, 5.74) is 1.04. The van der Waals surface area contributed by atoms with Crippen molar-refractivity contribution in [2.24, 2.45) is 0 Å². The Labute approximate surface area is 77.3 Å². The van der Waals surface area contributed by atoms with Crippen LogP contribution >= 0.6 is 11.6 Å². The molecule has 0 saturated heterocycles. The quantitative estimate of drug-likeness (QED) is 0.675.